The normalized spacial score (nSPS) is 11.7. The van der Waals surface area contributed by atoms with Crippen molar-refractivity contribution in [3.05, 3.63) is 194 Å². The van der Waals surface area contributed by atoms with E-state index in [1.54, 1.807) is 0 Å². The Bertz CT molecular complexity index is 2560. The molecule has 1 aliphatic heterocycles. The second-order valence-electron chi connectivity index (χ2n) is 13.3. The lowest BCUT2D eigenvalue weighted by atomic mass is 9.91. The molecule has 238 valence electrons. The Morgan fingerprint density at radius 3 is 0.941 bits per heavy atom. The van der Waals surface area contributed by atoms with Crippen molar-refractivity contribution in [2.75, 3.05) is 0 Å². The van der Waals surface area contributed by atoms with Gasteiger partial charge in [0.05, 0.1) is 0 Å². The minimum Gasteiger partial charge on any atom is -0.456 e. The Labute approximate surface area is 297 Å². The predicted molar refractivity (Wildman–Crippen MR) is 214 cm³/mol. The summed E-state index contributed by atoms with van der Waals surface area (Å²) in [5, 5.41) is 5.03. The monoisotopic (exact) mass is 648 g/mol. The van der Waals surface area contributed by atoms with Crippen LogP contribution in [0.15, 0.2) is 194 Å². The first-order valence-electron chi connectivity index (χ1n) is 17.5. The minimum atomic E-state index is 0.866. The SMILES string of the molecule is c1ccc2c(c1)-c1cc(-c3ccc(-c4ccc5ccccc5c4)cc3)ccc1Oc1ccc(-c3ccc(-c4ccc5ccccc5c4)cc3)cc1-2. The van der Waals surface area contributed by atoms with Crippen LogP contribution in [-0.4, -0.2) is 0 Å². The highest BCUT2D eigenvalue weighted by Gasteiger charge is 2.22. The molecule has 0 saturated carbocycles. The molecular formula is C50H32O. The van der Waals surface area contributed by atoms with Crippen LogP contribution in [0.5, 0.6) is 11.5 Å². The summed E-state index contributed by atoms with van der Waals surface area (Å²) in [5.41, 5.74) is 14.1. The predicted octanol–water partition coefficient (Wildman–Crippen LogP) is 14.1. The van der Waals surface area contributed by atoms with E-state index in [-0.39, 0.29) is 0 Å². The Morgan fingerprint density at radius 2 is 0.529 bits per heavy atom. The summed E-state index contributed by atoms with van der Waals surface area (Å²) in [6.07, 6.45) is 0. The van der Waals surface area contributed by atoms with Crippen molar-refractivity contribution in [1.82, 2.24) is 0 Å². The van der Waals surface area contributed by atoms with E-state index in [1.165, 1.54) is 66.1 Å². The second-order valence-corrected chi connectivity index (χ2v) is 13.3. The lowest BCUT2D eigenvalue weighted by Crippen LogP contribution is -1.88. The smallest absolute Gasteiger partial charge is 0.135 e. The third-order valence-corrected chi connectivity index (χ3v) is 10.3. The Hall–Kier alpha value is -6.70. The van der Waals surface area contributed by atoms with Gasteiger partial charge in [0.25, 0.3) is 0 Å². The number of fused-ring (bicyclic) bond motifs is 7. The molecule has 0 atom stereocenters. The third-order valence-electron chi connectivity index (χ3n) is 10.3. The van der Waals surface area contributed by atoms with Crippen molar-refractivity contribution in [2.45, 2.75) is 0 Å². The Kier molecular flexibility index (Phi) is 6.89. The highest BCUT2D eigenvalue weighted by molar-refractivity contribution is 5.94. The van der Waals surface area contributed by atoms with E-state index in [2.05, 4.69) is 194 Å². The van der Waals surface area contributed by atoms with Gasteiger partial charge < -0.3 is 4.74 Å². The molecule has 1 heterocycles. The summed E-state index contributed by atoms with van der Waals surface area (Å²) in [5.74, 6) is 1.73. The van der Waals surface area contributed by atoms with Crippen molar-refractivity contribution in [1.29, 1.82) is 0 Å². The highest BCUT2D eigenvalue weighted by Crippen LogP contribution is 2.48. The molecule has 0 spiro atoms. The topological polar surface area (TPSA) is 9.23 Å². The van der Waals surface area contributed by atoms with E-state index in [1.807, 2.05) is 0 Å². The second kappa shape index (κ2) is 12.0. The molecule has 9 aromatic carbocycles. The van der Waals surface area contributed by atoms with E-state index in [9.17, 15) is 0 Å². The van der Waals surface area contributed by atoms with Crippen LogP contribution in [0.2, 0.25) is 0 Å². The number of benzene rings is 9. The summed E-state index contributed by atoms with van der Waals surface area (Å²) in [7, 11) is 0. The van der Waals surface area contributed by atoms with Crippen LogP contribution in [0.25, 0.3) is 88.3 Å². The molecule has 1 aliphatic rings. The Morgan fingerprint density at radius 1 is 0.216 bits per heavy atom. The first-order chi connectivity index (χ1) is 25.2. The first kappa shape index (κ1) is 29.2. The fraction of sp³-hybridized carbons (Fsp3) is 0. The molecule has 0 saturated heterocycles. The zero-order valence-electron chi connectivity index (χ0n) is 27.9. The molecule has 1 nitrogen and oxygen atoms in total. The molecule has 0 bridgehead atoms. The zero-order chi connectivity index (χ0) is 33.7. The van der Waals surface area contributed by atoms with Gasteiger partial charge >= 0.3 is 0 Å². The molecular weight excluding hydrogens is 617 g/mol. The van der Waals surface area contributed by atoms with Gasteiger partial charge in [0.1, 0.15) is 11.5 Å². The molecule has 0 unspecified atom stereocenters. The molecule has 0 aliphatic carbocycles. The quantitative estimate of drug-likeness (QED) is 0.185. The van der Waals surface area contributed by atoms with E-state index in [0.29, 0.717) is 0 Å². The molecule has 0 fully saturated rings. The standard InChI is InChI=1S/C50H32O/c1-3-9-39-29-41(23-21-33(39)7-1)35-13-17-37(18-14-35)43-25-27-49-47(31-43)45-11-5-6-12-46(45)48-32-44(26-28-50(48)51-49)38-19-15-36(16-20-38)42-24-22-34-8-2-4-10-40(34)30-42/h1-32H. The summed E-state index contributed by atoms with van der Waals surface area (Å²) in [6.45, 7) is 0. The Balaban J connectivity index is 0.973. The molecule has 1 heteroatoms. The highest BCUT2D eigenvalue weighted by atomic mass is 16.5. The maximum absolute atomic E-state index is 6.69. The molecule has 10 rings (SSSR count). The van der Waals surface area contributed by atoms with Gasteiger partial charge in [-0.05, 0) is 114 Å². The number of hydrogen-bond donors (Lipinski definition) is 0. The molecule has 51 heavy (non-hydrogen) atoms. The summed E-state index contributed by atoms with van der Waals surface area (Å²) >= 11 is 0. The summed E-state index contributed by atoms with van der Waals surface area (Å²) < 4.78 is 6.69. The van der Waals surface area contributed by atoms with Crippen molar-refractivity contribution in [3.8, 4) is 78.3 Å². The van der Waals surface area contributed by atoms with Gasteiger partial charge in [-0.3, -0.25) is 0 Å². The average Bonchev–Trinajstić information content (AvgIpc) is 3.34. The van der Waals surface area contributed by atoms with Gasteiger partial charge in [-0.1, -0.05) is 158 Å². The van der Waals surface area contributed by atoms with Crippen LogP contribution in [0, 0.1) is 0 Å². The van der Waals surface area contributed by atoms with E-state index < -0.39 is 0 Å². The summed E-state index contributed by atoms with van der Waals surface area (Å²) in [4.78, 5) is 0. The van der Waals surface area contributed by atoms with E-state index >= 15 is 0 Å². The lowest BCUT2D eigenvalue weighted by Gasteiger charge is -2.12. The molecule has 0 radical (unpaired) electrons. The fourth-order valence-corrected chi connectivity index (χ4v) is 7.54. The first-order valence-corrected chi connectivity index (χ1v) is 17.5. The van der Waals surface area contributed by atoms with Crippen molar-refractivity contribution < 1.29 is 4.74 Å². The van der Waals surface area contributed by atoms with Crippen LogP contribution in [0.4, 0.5) is 0 Å². The summed E-state index contributed by atoms with van der Waals surface area (Å²) in [6, 6.07) is 70.0. The molecule has 0 amide bonds. The van der Waals surface area contributed by atoms with Crippen LogP contribution in [0.1, 0.15) is 0 Å². The van der Waals surface area contributed by atoms with Gasteiger partial charge in [0.15, 0.2) is 0 Å². The van der Waals surface area contributed by atoms with E-state index in [4.69, 9.17) is 4.74 Å². The number of hydrogen-bond acceptors (Lipinski definition) is 1. The molecule has 0 aromatic heterocycles. The third kappa shape index (κ3) is 5.28. The number of ether oxygens (including phenoxy) is 1. The van der Waals surface area contributed by atoms with Gasteiger partial charge in [-0.2, -0.15) is 0 Å². The van der Waals surface area contributed by atoms with E-state index in [0.717, 1.165) is 33.8 Å². The largest absolute Gasteiger partial charge is 0.456 e. The minimum absolute atomic E-state index is 0.866. The van der Waals surface area contributed by atoms with Crippen molar-refractivity contribution in [2.24, 2.45) is 0 Å². The lowest BCUT2D eigenvalue weighted by molar-refractivity contribution is 0.488. The molecule has 0 N–H and O–H groups in total. The zero-order valence-corrected chi connectivity index (χ0v) is 27.9. The van der Waals surface area contributed by atoms with Crippen LogP contribution >= 0.6 is 0 Å². The van der Waals surface area contributed by atoms with Gasteiger partial charge in [0.2, 0.25) is 0 Å². The maximum Gasteiger partial charge on any atom is 0.135 e. The van der Waals surface area contributed by atoms with Crippen LogP contribution in [0.3, 0.4) is 0 Å². The van der Waals surface area contributed by atoms with Gasteiger partial charge in [-0.15, -0.1) is 0 Å². The number of rotatable bonds is 4. The van der Waals surface area contributed by atoms with Crippen molar-refractivity contribution in [3.63, 3.8) is 0 Å². The maximum atomic E-state index is 6.69. The van der Waals surface area contributed by atoms with Gasteiger partial charge in [-0.25, -0.2) is 0 Å². The van der Waals surface area contributed by atoms with Crippen LogP contribution < -0.4 is 4.74 Å². The fourth-order valence-electron chi connectivity index (χ4n) is 7.54. The van der Waals surface area contributed by atoms with Gasteiger partial charge in [0, 0.05) is 11.1 Å². The van der Waals surface area contributed by atoms with Crippen LogP contribution in [-0.2, 0) is 0 Å². The molecule has 9 aromatic rings. The average molecular weight is 649 g/mol. The van der Waals surface area contributed by atoms with Crippen molar-refractivity contribution >= 4 is 21.5 Å².